The van der Waals surface area contributed by atoms with Gasteiger partial charge in [-0.25, -0.2) is 4.79 Å². The van der Waals surface area contributed by atoms with Crippen LogP contribution in [-0.2, 0) is 12.8 Å². The van der Waals surface area contributed by atoms with Gasteiger partial charge in [-0.15, -0.1) is 11.3 Å². The van der Waals surface area contributed by atoms with Crippen LogP contribution in [0.5, 0.6) is 5.75 Å². The SMILES string of the molecule is C/C(=N\NC(=S)Nc1cccc(C(=O)O)c1)c1csc(-c2ccc3c(c2)CCCC3)c1O. The molecule has 4 rings (SSSR count). The summed E-state index contributed by atoms with van der Waals surface area (Å²) in [5.74, 6) is -0.800. The predicted octanol–water partition coefficient (Wildman–Crippen LogP) is 5.41. The Kier molecular flexibility index (Phi) is 6.53. The second-order valence-electron chi connectivity index (χ2n) is 7.67. The monoisotopic (exact) mass is 465 g/mol. The normalized spacial score (nSPS) is 13.3. The minimum Gasteiger partial charge on any atom is -0.506 e. The molecule has 6 nitrogen and oxygen atoms in total. The zero-order chi connectivity index (χ0) is 22.7. The van der Waals surface area contributed by atoms with Crippen molar-refractivity contribution in [3.63, 3.8) is 0 Å². The molecule has 0 saturated heterocycles. The van der Waals surface area contributed by atoms with E-state index in [9.17, 15) is 9.90 Å². The molecule has 0 fully saturated rings. The number of hydrazone groups is 1. The standard InChI is InChI=1S/C24H23N3O3S2/c1-14(26-27-24(31)25-19-8-4-7-18(12-19)23(29)30)20-13-32-22(21(20)28)17-10-9-15-5-2-3-6-16(15)11-17/h4,7-13,28H,2-3,5-6H2,1H3,(H,29,30)(H2,25,27,31)/b26-14+. The van der Waals surface area contributed by atoms with Gasteiger partial charge in [0.1, 0.15) is 5.75 Å². The molecule has 1 heterocycles. The number of thiocarbonyl (C=S) groups is 1. The molecule has 0 aliphatic heterocycles. The van der Waals surface area contributed by atoms with Crippen molar-refractivity contribution in [2.45, 2.75) is 32.6 Å². The summed E-state index contributed by atoms with van der Waals surface area (Å²) in [7, 11) is 0. The first kappa shape index (κ1) is 22.0. The van der Waals surface area contributed by atoms with Crippen LogP contribution in [0.3, 0.4) is 0 Å². The van der Waals surface area contributed by atoms with Crippen LogP contribution in [0, 0.1) is 0 Å². The number of rotatable bonds is 5. The van der Waals surface area contributed by atoms with Crippen LogP contribution < -0.4 is 10.7 Å². The number of thiophene rings is 1. The van der Waals surface area contributed by atoms with Gasteiger partial charge >= 0.3 is 5.97 Å². The maximum atomic E-state index is 11.1. The van der Waals surface area contributed by atoms with Gasteiger partial charge in [0.15, 0.2) is 5.11 Å². The van der Waals surface area contributed by atoms with Gasteiger partial charge in [0.05, 0.1) is 21.7 Å². The van der Waals surface area contributed by atoms with Crippen LogP contribution >= 0.6 is 23.6 Å². The first-order valence-corrected chi connectivity index (χ1v) is 11.6. The van der Waals surface area contributed by atoms with Crippen molar-refractivity contribution in [2.24, 2.45) is 5.10 Å². The van der Waals surface area contributed by atoms with Crippen molar-refractivity contribution in [1.29, 1.82) is 0 Å². The lowest BCUT2D eigenvalue weighted by molar-refractivity contribution is 0.0697. The van der Waals surface area contributed by atoms with E-state index in [0.29, 0.717) is 17.0 Å². The molecule has 2 aromatic carbocycles. The molecular formula is C24H23N3O3S2. The Morgan fingerprint density at radius 3 is 2.69 bits per heavy atom. The number of nitrogens with one attached hydrogen (secondary N) is 2. The van der Waals surface area contributed by atoms with Gasteiger partial charge in [-0.2, -0.15) is 5.10 Å². The third-order valence-corrected chi connectivity index (χ3v) is 6.67. The van der Waals surface area contributed by atoms with Gasteiger partial charge in [-0.1, -0.05) is 18.2 Å². The van der Waals surface area contributed by atoms with Crippen LogP contribution in [0.4, 0.5) is 5.69 Å². The maximum Gasteiger partial charge on any atom is 0.335 e. The highest BCUT2D eigenvalue weighted by molar-refractivity contribution is 7.80. The first-order valence-electron chi connectivity index (χ1n) is 10.3. The Morgan fingerprint density at radius 1 is 1.12 bits per heavy atom. The van der Waals surface area contributed by atoms with E-state index in [1.807, 2.05) is 5.38 Å². The van der Waals surface area contributed by atoms with E-state index in [1.54, 1.807) is 19.1 Å². The average Bonchev–Trinajstić information content (AvgIpc) is 3.18. The number of nitrogens with zero attached hydrogens (tertiary/aromatic N) is 1. The summed E-state index contributed by atoms with van der Waals surface area (Å²) in [6, 6.07) is 12.8. The zero-order valence-electron chi connectivity index (χ0n) is 17.5. The van der Waals surface area contributed by atoms with Gasteiger partial charge in [0, 0.05) is 11.1 Å². The molecule has 1 aliphatic rings. The fourth-order valence-corrected chi connectivity index (χ4v) is 4.94. The lowest BCUT2D eigenvalue weighted by atomic mass is 9.90. The van der Waals surface area contributed by atoms with E-state index in [4.69, 9.17) is 17.3 Å². The predicted molar refractivity (Wildman–Crippen MR) is 133 cm³/mol. The minimum atomic E-state index is -1.01. The third kappa shape index (κ3) is 4.81. The van der Waals surface area contributed by atoms with Crippen molar-refractivity contribution in [1.82, 2.24) is 5.43 Å². The summed E-state index contributed by atoms with van der Waals surface area (Å²) in [6.07, 6.45) is 4.67. The molecule has 0 atom stereocenters. The Bertz CT molecular complexity index is 1220. The van der Waals surface area contributed by atoms with Gasteiger partial charge in [0.25, 0.3) is 0 Å². The number of carboxylic acids is 1. The number of aromatic hydroxyl groups is 1. The van der Waals surface area contributed by atoms with Crippen molar-refractivity contribution >= 4 is 46.0 Å². The number of aromatic carboxylic acids is 1. The van der Waals surface area contributed by atoms with E-state index >= 15 is 0 Å². The van der Waals surface area contributed by atoms with Gasteiger partial charge in [-0.05, 0) is 85.8 Å². The Labute approximate surface area is 195 Å². The molecule has 32 heavy (non-hydrogen) atoms. The fourth-order valence-electron chi connectivity index (χ4n) is 3.77. The lowest BCUT2D eigenvalue weighted by Gasteiger charge is -2.16. The second-order valence-corrected chi connectivity index (χ2v) is 8.95. The summed E-state index contributed by atoms with van der Waals surface area (Å²) < 4.78 is 0. The number of aryl methyl sites for hydroxylation is 2. The summed E-state index contributed by atoms with van der Waals surface area (Å²) >= 11 is 6.73. The average molecular weight is 466 g/mol. The van der Waals surface area contributed by atoms with Gasteiger partial charge in [0.2, 0.25) is 0 Å². The topological polar surface area (TPSA) is 94.0 Å². The van der Waals surface area contributed by atoms with Crippen LogP contribution in [0.2, 0.25) is 0 Å². The van der Waals surface area contributed by atoms with E-state index in [0.717, 1.165) is 23.3 Å². The molecule has 164 valence electrons. The summed E-state index contributed by atoms with van der Waals surface area (Å²) in [4.78, 5) is 11.9. The maximum absolute atomic E-state index is 11.1. The molecule has 0 bridgehead atoms. The van der Waals surface area contributed by atoms with E-state index in [2.05, 4.69) is 34.0 Å². The minimum absolute atomic E-state index is 0.162. The van der Waals surface area contributed by atoms with Crippen molar-refractivity contribution < 1.29 is 15.0 Å². The number of hydrogen-bond acceptors (Lipinski definition) is 5. The Morgan fingerprint density at radius 2 is 1.91 bits per heavy atom. The molecule has 0 spiro atoms. The fraction of sp³-hybridized carbons (Fsp3) is 0.208. The summed E-state index contributed by atoms with van der Waals surface area (Å²) in [5, 5.41) is 29.2. The number of fused-ring (bicyclic) bond motifs is 1. The molecule has 0 radical (unpaired) electrons. The zero-order valence-corrected chi connectivity index (χ0v) is 19.1. The number of anilines is 1. The van der Waals surface area contributed by atoms with Crippen molar-refractivity contribution in [3.05, 3.63) is 70.1 Å². The number of benzene rings is 2. The highest BCUT2D eigenvalue weighted by Crippen LogP contribution is 2.40. The highest BCUT2D eigenvalue weighted by atomic mass is 32.1. The molecule has 1 aromatic heterocycles. The molecule has 0 unspecified atom stereocenters. The summed E-state index contributed by atoms with van der Waals surface area (Å²) in [5.41, 5.74) is 8.50. The quantitative estimate of drug-likeness (QED) is 0.229. The number of carboxylic acid groups (broad SMARTS) is 1. The van der Waals surface area contributed by atoms with E-state index in [1.165, 1.54) is 47.4 Å². The Hall–Kier alpha value is -3.23. The molecule has 0 amide bonds. The molecule has 0 saturated carbocycles. The second kappa shape index (κ2) is 9.50. The Balaban J connectivity index is 1.46. The smallest absolute Gasteiger partial charge is 0.335 e. The molecular weight excluding hydrogens is 442 g/mol. The molecule has 8 heteroatoms. The molecule has 4 N–H and O–H groups in total. The van der Waals surface area contributed by atoms with E-state index in [-0.39, 0.29) is 16.4 Å². The lowest BCUT2D eigenvalue weighted by Crippen LogP contribution is -2.25. The first-order chi connectivity index (χ1) is 15.4. The van der Waals surface area contributed by atoms with Gasteiger partial charge < -0.3 is 15.5 Å². The van der Waals surface area contributed by atoms with Crippen LogP contribution in [-0.4, -0.2) is 27.0 Å². The van der Waals surface area contributed by atoms with Crippen molar-refractivity contribution in [3.8, 4) is 16.2 Å². The van der Waals surface area contributed by atoms with Crippen LogP contribution in [0.15, 0.2) is 52.9 Å². The van der Waals surface area contributed by atoms with Crippen molar-refractivity contribution in [2.75, 3.05) is 5.32 Å². The molecule has 1 aliphatic carbocycles. The summed E-state index contributed by atoms with van der Waals surface area (Å²) in [6.45, 7) is 1.79. The van der Waals surface area contributed by atoms with Crippen LogP contribution in [0.25, 0.3) is 10.4 Å². The largest absolute Gasteiger partial charge is 0.506 e. The number of carbonyl (C=O) groups is 1. The third-order valence-electron chi connectivity index (χ3n) is 5.46. The highest BCUT2D eigenvalue weighted by Gasteiger charge is 2.17. The van der Waals surface area contributed by atoms with Gasteiger partial charge in [-0.3, -0.25) is 5.43 Å². The van der Waals surface area contributed by atoms with E-state index < -0.39 is 5.97 Å². The molecule has 3 aromatic rings. The number of hydrogen-bond donors (Lipinski definition) is 4. The van der Waals surface area contributed by atoms with Crippen LogP contribution in [0.1, 0.15) is 46.8 Å².